The van der Waals surface area contributed by atoms with Gasteiger partial charge in [-0.1, -0.05) is 5.21 Å². The molecule has 0 radical (unpaired) electrons. The van der Waals surface area contributed by atoms with Gasteiger partial charge < -0.3 is 15.7 Å². The Kier molecular flexibility index (Phi) is 3.62. The third-order valence-electron chi connectivity index (χ3n) is 4.32. The Morgan fingerprint density at radius 1 is 1.43 bits per heavy atom. The molecular weight excluding hydrogens is 274 g/mol. The molecule has 0 bridgehead atoms. The van der Waals surface area contributed by atoms with E-state index in [-0.39, 0.29) is 24.2 Å². The largest absolute Gasteiger partial charge is 0.481 e. The predicted octanol–water partition coefficient (Wildman–Crippen LogP) is -0.203. The van der Waals surface area contributed by atoms with Crippen LogP contribution in [0.2, 0.25) is 0 Å². The van der Waals surface area contributed by atoms with Crippen molar-refractivity contribution in [3.05, 3.63) is 11.9 Å². The average molecular weight is 293 g/mol. The summed E-state index contributed by atoms with van der Waals surface area (Å²) in [5.74, 6) is -1.20. The summed E-state index contributed by atoms with van der Waals surface area (Å²) in [6, 6.07) is 0.272. The Balaban J connectivity index is 1.58. The van der Waals surface area contributed by atoms with Crippen molar-refractivity contribution < 1.29 is 14.7 Å². The fourth-order valence-electron chi connectivity index (χ4n) is 2.59. The van der Waals surface area contributed by atoms with Crippen molar-refractivity contribution in [1.29, 1.82) is 0 Å². The van der Waals surface area contributed by atoms with Gasteiger partial charge in [0.1, 0.15) is 0 Å². The molecule has 114 valence electrons. The molecule has 1 aliphatic carbocycles. The van der Waals surface area contributed by atoms with E-state index in [1.54, 1.807) is 10.9 Å². The fourth-order valence-corrected chi connectivity index (χ4v) is 2.59. The quantitative estimate of drug-likeness (QED) is 0.693. The molecule has 2 fully saturated rings. The van der Waals surface area contributed by atoms with E-state index in [1.165, 1.54) is 0 Å². The van der Waals surface area contributed by atoms with Gasteiger partial charge >= 0.3 is 5.97 Å². The van der Waals surface area contributed by atoms with Crippen molar-refractivity contribution in [2.24, 2.45) is 5.41 Å². The molecule has 0 aromatic carbocycles. The van der Waals surface area contributed by atoms with Gasteiger partial charge in [-0.2, -0.15) is 0 Å². The number of rotatable bonds is 5. The molecule has 1 saturated heterocycles. The van der Waals surface area contributed by atoms with E-state index < -0.39 is 11.4 Å². The minimum atomic E-state index is -0.846. The van der Waals surface area contributed by atoms with E-state index in [2.05, 4.69) is 20.9 Å². The van der Waals surface area contributed by atoms with Crippen molar-refractivity contribution in [3.63, 3.8) is 0 Å². The van der Waals surface area contributed by atoms with Gasteiger partial charge in [-0.25, -0.2) is 4.68 Å². The summed E-state index contributed by atoms with van der Waals surface area (Å²) < 4.78 is 1.74. The zero-order valence-corrected chi connectivity index (χ0v) is 11.7. The number of carboxylic acids is 1. The fraction of sp³-hybridized carbons (Fsp3) is 0.692. The maximum atomic E-state index is 12.0. The molecule has 1 aromatic rings. The first kappa shape index (κ1) is 14.0. The number of aliphatic carboxylic acids is 1. The van der Waals surface area contributed by atoms with E-state index in [1.807, 2.05) is 0 Å². The Bertz CT molecular complexity index is 546. The maximum absolute atomic E-state index is 12.0. The van der Waals surface area contributed by atoms with Gasteiger partial charge in [0, 0.05) is 6.54 Å². The zero-order chi connectivity index (χ0) is 14.9. The first-order valence-electron chi connectivity index (χ1n) is 7.25. The molecule has 3 rings (SSSR count). The number of hydrogen-bond donors (Lipinski definition) is 3. The molecular formula is C13H19N5O3. The van der Waals surface area contributed by atoms with E-state index in [9.17, 15) is 9.59 Å². The van der Waals surface area contributed by atoms with Gasteiger partial charge in [0.05, 0.1) is 17.7 Å². The predicted molar refractivity (Wildman–Crippen MR) is 72.8 cm³/mol. The average Bonchev–Trinajstić information content (AvgIpc) is 3.14. The third-order valence-corrected chi connectivity index (χ3v) is 4.32. The van der Waals surface area contributed by atoms with Crippen LogP contribution in [0.25, 0.3) is 0 Å². The Morgan fingerprint density at radius 2 is 2.14 bits per heavy atom. The highest BCUT2D eigenvalue weighted by Crippen LogP contribution is 2.45. The second kappa shape index (κ2) is 5.44. The standard InChI is InChI=1S/C13H19N5O3/c19-11(15-8-13(3-4-13)12(20)21)10-7-18(17-16-10)9-1-5-14-6-2-9/h7,9,14H,1-6,8H2,(H,15,19)(H,20,21). The van der Waals surface area contributed by atoms with Gasteiger partial charge in [0.15, 0.2) is 5.69 Å². The Hall–Kier alpha value is -1.96. The van der Waals surface area contributed by atoms with Crippen LogP contribution in [0.3, 0.4) is 0 Å². The number of carboxylic acid groups (broad SMARTS) is 1. The van der Waals surface area contributed by atoms with Crippen LogP contribution < -0.4 is 10.6 Å². The van der Waals surface area contributed by atoms with Crippen LogP contribution in [0.5, 0.6) is 0 Å². The van der Waals surface area contributed by atoms with Crippen LogP contribution in [0, 0.1) is 5.41 Å². The molecule has 1 aromatic heterocycles. The highest BCUT2D eigenvalue weighted by atomic mass is 16.4. The zero-order valence-electron chi connectivity index (χ0n) is 11.7. The molecule has 1 amide bonds. The lowest BCUT2D eigenvalue weighted by atomic mass is 10.1. The lowest BCUT2D eigenvalue weighted by molar-refractivity contribution is -0.143. The van der Waals surface area contributed by atoms with Crippen LogP contribution in [-0.2, 0) is 4.79 Å². The molecule has 0 atom stereocenters. The van der Waals surface area contributed by atoms with Gasteiger partial charge in [-0.05, 0) is 38.8 Å². The molecule has 0 spiro atoms. The molecule has 8 nitrogen and oxygen atoms in total. The number of carbonyl (C=O) groups is 2. The first-order chi connectivity index (χ1) is 10.1. The highest BCUT2D eigenvalue weighted by Gasteiger charge is 2.50. The minimum Gasteiger partial charge on any atom is -0.481 e. The van der Waals surface area contributed by atoms with E-state index >= 15 is 0 Å². The number of nitrogens with zero attached hydrogens (tertiary/aromatic N) is 3. The van der Waals surface area contributed by atoms with E-state index in [4.69, 9.17) is 5.11 Å². The summed E-state index contributed by atoms with van der Waals surface area (Å²) >= 11 is 0. The number of nitrogens with one attached hydrogen (secondary N) is 2. The Morgan fingerprint density at radius 3 is 2.76 bits per heavy atom. The number of aromatic nitrogens is 3. The summed E-state index contributed by atoms with van der Waals surface area (Å²) in [5.41, 5.74) is -0.518. The normalized spacial score (nSPS) is 21.0. The number of carbonyl (C=O) groups excluding carboxylic acids is 1. The SMILES string of the molecule is O=C(NCC1(C(=O)O)CC1)c1cn(C2CCNCC2)nn1. The molecule has 2 heterocycles. The van der Waals surface area contributed by atoms with Gasteiger partial charge in [-0.3, -0.25) is 9.59 Å². The minimum absolute atomic E-state index is 0.154. The smallest absolute Gasteiger partial charge is 0.311 e. The molecule has 2 aliphatic rings. The van der Waals surface area contributed by atoms with Crippen LogP contribution in [0.4, 0.5) is 0 Å². The number of piperidine rings is 1. The molecule has 21 heavy (non-hydrogen) atoms. The van der Waals surface area contributed by atoms with E-state index in [0.717, 1.165) is 25.9 Å². The van der Waals surface area contributed by atoms with Crippen LogP contribution in [0.15, 0.2) is 6.20 Å². The second-order valence-electron chi connectivity index (χ2n) is 5.83. The van der Waals surface area contributed by atoms with Gasteiger partial charge in [0.2, 0.25) is 0 Å². The van der Waals surface area contributed by atoms with Crippen molar-refractivity contribution in [2.75, 3.05) is 19.6 Å². The molecule has 0 unspecified atom stereocenters. The molecule has 1 aliphatic heterocycles. The first-order valence-corrected chi connectivity index (χ1v) is 7.25. The van der Waals surface area contributed by atoms with Crippen molar-refractivity contribution in [3.8, 4) is 0 Å². The third kappa shape index (κ3) is 2.90. The van der Waals surface area contributed by atoms with Gasteiger partial charge in [0.25, 0.3) is 5.91 Å². The molecule has 8 heteroatoms. The number of amides is 1. The summed E-state index contributed by atoms with van der Waals surface area (Å²) in [4.78, 5) is 23.1. The number of hydrogen-bond acceptors (Lipinski definition) is 5. The summed E-state index contributed by atoms with van der Waals surface area (Å²) in [7, 11) is 0. The topological polar surface area (TPSA) is 109 Å². The van der Waals surface area contributed by atoms with Crippen molar-refractivity contribution in [2.45, 2.75) is 31.7 Å². The van der Waals surface area contributed by atoms with E-state index in [0.29, 0.717) is 12.8 Å². The van der Waals surface area contributed by atoms with Crippen LogP contribution in [0.1, 0.15) is 42.2 Å². The maximum Gasteiger partial charge on any atom is 0.311 e. The molecule has 1 saturated carbocycles. The van der Waals surface area contributed by atoms with Crippen molar-refractivity contribution >= 4 is 11.9 Å². The lowest BCUT2D eigenvalue weighted by Gasteiger charge is -2.22. The van der Waals surface area contributed by atoms with Crippen molar-refractivity contribution in [1.82, 2.24) is 25.6 Å². The van der Waals surface area contributed by atoms with Gasteiger partial charge in [-0.15, -0.1) is 5.10 Å². The highest BCUT2D eigenvalue weighted by molar-refractivity contribution is 5.92. The molecule has 3 N–H and O–H groups in total. The lowest BCUT2D eigenvalue weighted by Crippen LogP contribution is -2.34. The summed E-state index contributed by atoms with van der Waals surface area (Å²) in [6.07, 6.45) is 4.81. The van der Waals surface area contributed by atoms with Crippen LogP contribution in [-0.4, -0.2) is 51.6 Å². The van der Waals surface area contributed by atoms with Crippen LogP contribution >= 0.6 is 0 Å². The second-order valence-corrected chi connectivity index (χ2v) is 5.83. The summed E-state index contributed by atoms with van der Waals surface area (Å²) in [6.45, 7) is 2.03. The Labute approximate surface area is 121 Å². The monoisotopic (exact) mass is 293 g/mol. The summed E-state index contributed by atoms with van der Waals surface area (Å²) in [5, 5.41) is 22.9.